The van der Waals surface area contributed by atoms with Crippen LogP contribution < -0.4 is 10.2 Å². The number of benzene rings is 1. The quantitative estimate of drug-likeness (QED) is 0.895. The van der Waals surface area contributed by atoms with Gasteiger partial charge in [0.1, 0.15) is 0 Å². The standard InChI is InChI=1S/C17H21Cl2N3O/c1-9(2)23-17-12(18)7-11(8-13(17)19)15-16-14(20-21-15)10-3-5-22(16)6-4-10/h7-10,15-16,21H,3-6H2,1-2H3. The summed E-state index contributed by atoms with van der Waals surface area (Å²) in [6.07, 6.45) is 2.49. The third-order valence-corrected chi connectivity index (χ3v) is 5.59. The number of piperidine rings is 3. The van der Waals surface area contributed by atoms with E-state index < -0.39 is 0 Å². The van der Waals surface area contributed by atoms with Crippen molar-refractivity contribution in [2.24, 2.45) is 11.0 Å². The average molecular weight is 354 g/mol. The van der Waals surface area contributed by atoms with Crippen LogP contribution in [0.2, 0.25) is 10.0 Å². The van der Waals surface area contributed by atoms with Crippen LogP contribution in [0.25, 0.3) is 0 Å². The van der Waals surface area contributed by atoms with Crippen molar-refractivity contribution in [3.8, 4) is 5.75 Å². The van der Waals surface area contributed by atoms with Gasteiger partial charge in [0, 0.05) is 5.92 Å². The maximum absolute atomic E-state index is 6.42. The molecule has 1 aromatic carbocycles. The van der Waals surface area contributed by atoms with Crippen LogP contribution in [0.15, 0.2) is 17.2 Å². The molecule has 0 spiro atoms. The summed E-state index contributed by atoms with van der Waals surface area (Å²) in [7, 11) is 0. The van der Waals surface area contributed by atoms with E-state index in [2.05, 4.69) is 15.4 Å². The van der Waals surface area contributed by atoms with Crippen LogP contribution in [-0.2, 0) is 0 Å². The van der Waals surface area contributed by atoms with E-state index in [9.17, 15) is 0 Å². The number of rotatable bonds is 3. The monoisotopic (exact) mass is 353 g/mol. The van der Waals surface area contributed by atoms with Crippen LogP contribution in [0.1, 0.15) is 38.3 Å². The van der Waals surface area contributed by atoms with Gasteiger partial charge < -0.3 is 10.2 Å². The van der Waals surface area contributed by atoms with E-state index >= 15 is 0 Å². The van der Waals surface area contributed by atoms with Crippen LogP contribution in [0.4, 0.5) is 0 Å². The van der Waals surface area contributed by atoms with Gasteiger partial charge in [0.2, 0.25) is 0 Å². The van der Waals surface area contributed by atoms with Gasteiger partial charge in [0.25, 0.3) is 0 Å². The number of nitrogens with one attached hydrogen (secondary N) is 1. The molecule has 5 rings (SSSR count). The fraction of sp³-hybridized carbons (Fsp3) is 0.588. The SMILES string of the molecule is CC(C)Oc1c(Cl)cc(C2NN=C3C4CCN(CC4)C32)cc1Cl. The van der Waals surface area contributed by atoms with Crippen molar-refractivity contribution in [3.05, 3.63) is 27.7 Å². The molecule has 0 radical (unpaired) electrons. The number of hydrogen-bond acceptors (Lipinski definition) is 4. The molecule has 6 heteroatoms. The molecule has 1 aromatic rings. The minimum Gasteiger partial charge on any atom is -0.488 e. The van der Waals surface area contributed by atoms with E-state index in [-0.39, 0.29) is 12.1 Å². The van der Waals surface area contributed by atoms with Crippen molar-refractivity contribution < 1.29 is 4.74 Å². The summed E-state index contributed by atoms with van der Waals surface area (Å²) in [5, 5.41) is 5.76. The molecule has 2 atom stereocenters. The first-order valence-corrected chi connectivity index (χ1v) is 9.03. The lowest BCUT2D eigenvalue weighted by atomic mass is 9.78. The highest BCUT2D eigenvalue weighted by atomic mass is 35.5. The van der Waals surface area contributed by atoms with Crippen LogP contribution in [-0.4, -0.2) is 35.8 Å². The molecule has 3 fully saturated rings. The Morgan fingerprint density at radius 1 is 1.22 bits per heavy atom. The van der Waals surface area contributed by atoms with Crippen LogP contribution in [0.5, 0.6) is 5.75 Å². The molecule has 1 N–H and O–H groups in total. The summed E-state index contributed by atoms with van der Waals surface area (Å²) in [5.74, 6) is 1.20. The highest BCUT2D eigenvalue weighted by molar-refractivity contribution is 6.37. The van der Waals surface area contributed by atoms with E-state index in [0.717, 1.165) is 18.7 Å². The number of fused-ring (bicyclic) bond motifs is 2. The Morgan fingerprint density at radius 3 is 2.48 bits per heavy atom. The minimum atomic E-state index is 0.0376. The Balaban J connectivity index is 1.64. The van der Waals surface area contributed by atoms with Gasteiger partial charge in [0.05, 0.1) is 33.9 Å². The fourth-order valence-electron chi connectivity index (χ4n) is 4.02. The zero-order chi connectivity index (χ0) is 16.1. The van der Waals surface area contributed by atoms with Crippen LogP contribution in [0, 0.1) is 5.92 Å². The van der Waals surface area contributed by atoms with Crippen molar-refractivity contribution in [1.82, 2.24) is 10.3 Å². The summed E-state index contributed by atoms with van der Waals surface area (Å²) >= 11 is 12.8. The van der Waals surface area contributed by atoms with Crippen molar-refractivity contribution >= 4 is 28.9 Å². The number of ether oxygens (including phenoxy) is 1. The first-order chi connectivity index (χ1) is 11.0. The van der Waals surface area contributed by atoms with E-state index in [0.29, 0.717) is 27.8 Å². The molecular formula is C17H21Cl2N3O. The van der Waals surface area contributed by atoms with Gasteiger partial charge >= 0.3 is 0 Å². The lowest BCUT2D eigenvalue weighted by Gasteiger charge is -2.45. The molecule has 23 heavy (non-hydrogen) atoms. The lowest BCUT2D eigenvalue weighted by molar-refractivity contribution is 0.133. The predicted octanol–water partition coefficient (Wildman–Crippen LogP) is 3.88. The maximum atomic E-state index is 6.42. The fourth-order valence-corrected chi connectivity index (χ4v) is 4.61. The smallest absolute Gasteiger partial charge is 0.156 e. The number of halogens is 2. The van der Waals surface area contributed by atoms with E-state index in [1.807, 2.05) is 26.0 Å². The lowest BCUT2D eigenvalue weighted by Crippen LogP contribution is -2.56. The Morgan fingerprint density at radius 2 is 1.87 bits per heavy atom. The van der Waals surface area contributed by atoms with Crippen LogP contribution >= 0.6 is 23.2 Å². The first kappa shape index (κ1) is 15.6. The van der Waals surface area contributed by atoms with Crippen molar-refractivity contribution in [2.45, 2.75) is 44.9 Å². The summed E-state index contributed by atoms with van der Waals surface area (Å²) in [4.78, 5) is 2.53. The van der Waals surface area contributed by atoms with Gasteiger partial charge in [-0.1, -0.05) is 23.2 Å². The molecule has 4 aliphatic heterocycles. The second kappa shape index (κ2) is 5.83. The summed E-state index contributed by atoms with van der Waals surface area (Å²) < 4.78 is 5.73. The molecule has 4 nitrogen and oxygen atoms in total. The molecule has 0 amide bonds. The van der Waals surface area contributed by atoms with E-state index in [1.165, 1.54) is 18.6 Å². The largest absolute Gasteiger partial charge is 0.488 e. The molecule has 2 bridgehead atoms. The third kappa shape index (κ3) is 2.61. The second-order valence-corrected chi connectivity index (χ2v) is 7.69. The van der Waals surface area contributed by atoms with Crippen LogP contribution in [0.3, 0.4) is 0 Å². The highest BCUT2D eigenvalue weighted by Gasteiger charge is 2.46. The average Bonchev–Trinajstić information content (AvgIpc) is 2.99. The Kier molecular flexibility index (Phi) is 3.94. The molecule has 0 aromatic heterocycles. The van der Waals surface area contributed by atoms with Crippen molar-refractivity contribution in [1.29, 1.82) is 0 Å². The van der Waals surface area contributed by atoms with Crippen molar-refractivity contribution in [3.63, 3.8) is 0 Å². The Hall–Kier alpha value is -0.970. The minimum absolute atomic E-state index is 0.0376. The highest BCUT2D eigenvalue weighted by Crippen LogP contribution is 2.42. The summed E-state index contributed by atoms with van der Waals surface area (Å²) in [5.41, 5.74) is 5.70. The van der Waals surface area contributed by atoms with Gasteiger partial charge in [-0.3, -0.25) is 4.90 Å². The molecule has 0 aliphatic carbocycles. The Bertz CT molecular complexity index is 630. The molecule has 0 saturated carbocycles. The second-order valence-electron chi connectivity index (χ2n) is 6.88. The van der Waals surface area contributed by atoms with Gasteiger partial charge in [-0.25, -0.2) is 0 Å². The zero-order valence-electron chi connectivity index (χ0n) is 13.4. The molecule has 3 saturated heterocycles. The van der Waals surface area contributed by atoms with Gasteiger partial charge in [-0.05, 0) is 57.5 Å². The van der Waals surface area contributed by atoms with E-state index in [1.54, 1.807) is 0 Å². The zero-order valence-corrected chi connectivity index (χ0v) is 14.9. The molecule has 4 aliphatic rings. The van der Waals surface area contributed by atoms with Crippen molar-refractivity contribution in [2.75, 3.05) is 13.1 Å². The normalized spacial score (nSPS) is 31.8. The molecule has 2 unspecified atom stereocenters. The molecule has 4 heterocycles. The Labute approximate surface area is 146 Å². The number of nitrogens with zero attached hydrogens (tertiary/aromatic N) is 2. The number of hydrogen-bond donors (Lipinski definition) is 1. The van der Waals surface area contributed by atoms with Gasteiger partial charge in [-0.2, -0.15) is 5.10 Å². The van der Waals surface area contributed by atoms with Gasteiger partial charge in [-0.15, -0.1) is 0 Å². The third-order valence-electron chi connectivity index (χ3n) is 5.03. The first-order valence-electron chi connectivity index (χ1n) is 8.27. The summed E-state index contributed by atoms with van der Waals surface area (Å²) in [6.45, 7) is 6.24. The topological polar surface area (TPSA) is 36.9 Å². The maximum Gasteiger partial charge on any atom is 0.156 e. The van der Waals surface area contributed by atoms with Gasteiger partial charge in [0.15, 0.2) is 5.75 Å². The number of hydrazone groups is 1. The molecular weight excluding hydrogens is 333 g/mol. The predicted molar refractivity (Wildman–Crippen MR) is 93.6 cm³/mol. The molecule has 124 valence electrons. The summed E-state index contributed by atoms with van der Waals surface area (Å²) in [6, 6.07) is 4.39. The van der Waals surface area contributed by atoms with E-state index in [4.69, 9.17) is 27.9 Å².